The van der Waals surface area contributed by atoms with Crippen LogP contribution in [0.15, 0.2) is 12.1 Å². The standard InChI is InChI=1S/C32H45NO4/c1-29(34,22-7-5-4-6-8-22)24-18-30-13-14-32(24,36-3)28-31(30)15-16-33(19-20-9-10-20)25(30)17-21-11-12-23(35-2)27(37-28)26(21)31/h11-12,20,22,24-25,28,34H,4-10,13-19H2,1-3H3/t24-,25-,28-,29-,30-,31+,32-/m1/s1. The zero-order valence-electron chi connectivity index (χ0n) is 23.1. The lowest BCUT2D eigenvalue weighted by atomic mass is 9.33. The quantitative estimate of drug-likeness (QED) is 0.570. The second kappa shape index (κ2) is 7.67. The van der Waals surface area contributed by atoms with Gasteiger partial charge in [0, 0.05) is 42.0 Å². The van der Waals surface area contributed by atoms with Gasteiger partial charge in [0.1, 0.15) is 11.7 Å². The minimum atomic E-state index is -0.746. The van der Waals surface area contributed by atoms with Crippen LogP contribution in [0.1, 0.15) is 88.7 Å². The van der Waals surface area contributed by atoms with Crippen molar-refractivity contribution >= 4 is 0 Å². The number of piperidine rings is 1. The van der Waals surface area contributed by atoms with E-state index in [2.05, 4.69) is 24.0 Å². The summed E-state index contributed by atoms with van der Waals surface area (Å²) in [6.07, 6.45) is 14.3. The topological polar surface area (TPSA) is 51.2 Å². The molecule has 1 N–H and O–H groups in total. The van der Waals surface area contributed by atoms with Gasteiger partial charge in [0.2, 0.25) is 0 Å². The molecule has 37 heavy (non-hydrogen) atoms. The van der Waals surface area contributed by atoms with Gasteiger partial charge in [-0.3, -0.25) is 4.90 Å². The number of rotatable bonds is 6. The van der Waals surface area contributed by atoms with Crippen molar-refractivity contribution in [3.63, 3.8) is 0 Å². The average molecular weight is 508 g/mol. The average Bonchev–Trinajstić information content (AvgIpc) is 3.67. The number of aliphatic hydroxyl groups is 1. The minimum Gasteiger partial charge on any atom is -0.493 e. The summed E-state index contributed by atoms with van der Waals surface area (Å²) in [6, 6.07) is 5.00. The van der Waals surface area contributed by atoms with E-state index in [0.717, 1.165) is 62.5 Å². The smallest absolute Gasteiger partial charge is 0.165 e. The van der Waals surface area contributed by atoms with Gasteiger partial charge in [-0.1, -0.05) is 25.3 Å². The Morgan fingerprint density at radius 2 is 1.89 bits per heavy atom. The Bertz CT molecular complexity index is 1110. The molecule has 2 spiro atoms. The molecule has 8 aliphatic rings. The lowest BCUT2D eigenvalue weighted by molar-refractivity contribution is -0.308. The molecule has 0 unspecified atom stereocenters. The molecule has 0 amide bonds. The Morgan fingerprint density at radius 1 is 1.08 bits per heavy atom. The van der Waals surface area contributed by atoms with E-state index in [4.69, 9.17) is 14.2 Å². The minimum absolute atomic E-state index is 0.0391. The van der Waals surface area contributed by atoms with Crippen LogP contribution in [0.25, 0.3) is 0 Å². The van der Waals surface area contributed by atoms with Crippen LogP contribution in [0.3, 0.4) is 0 Å². The van der Waals surface area contributed by atoms with Crippen molar-refractivity contribution in [1.29, 1.82) is 0 Å². The fraction of sp³-hybridized carbons (Fsp3) is 0.812. The van der Waals surface area contributed by atoms with Crippen LogP contribution in [0.4, 0.5) is 0 Å². The Balaban J connectivity index is 1.32. The number of hydrogen-bond donors (Lipinski definition) is 1. The van der Waals surface area contributed by atoms with E-state index in [1.54, 1.807) is 7.11 Å². The van der Waals surface area contributed by atoms with Crippen molar-refractivity contribution in [2.24, 2.45) is 23.2 Å². The van der Waals surface area contributed by atoms with Crippen LogP contribution in [0.5, 0.6) is 11.5 Å². The Morgan fingerprint density at radius 3 is 2.62 bits per heavy atom. The van der Waals surface area contributed by atoms with Crippen LogP contribution >= 0.6 is 0 Å². The molecule has 9 rings (SSSR count). The molecule has 6 aliphatic carbocycles. The second-order valence-electron chi connectivity index (χ2n) is 14.1. The van der Waals surface area contributed by atoms with Crippen LogP contribution < -0.4 is 9.47 Å². The zero-order valence-corrected chi connectivity index (χ0v) is 23.1. The highest BCUT2D eigenvalue weighted by Gasteiger charge is 2.82. The Hall–Kier alpha value is -1.30. The summed E-state index contributed by atoms with van der Waals surface area (Å²) >= 11 is 0. The maximum atomic E-state index is 12.6. The molecule has 1 saturated heterocycles. The maximum Gasteiger partial charge on any atom is 0.165 e. The molecule has 4 bridgehead atoms. The van der Waals surface area contributed by atoms with E-state index < -0.39 is 11.2 Å². The van der Waals surface area contributed by atoms with E-state index in [1.807, 2.05) is 7.11 Å². The van der Waals surface area contributed by atoms with Crippen LogP contribution in [0, 0.1) is 23.2 Å². The fourth-order valence-electron chi connectivity index (χ4n) is 11.2. The van der Waals surface area contributed by atoms with Gasteiger partial charge in [-0.2, -0.15) is 0 Å². The number of likely N-dealkylation sites (tertiary alicyclic amines) is 1. The van der Waals surface area contributed by atoms with Gasteiger partial charge in [-0.15, -0.1) is 0 Å². The van der Waals surface area contributed by atoms with Crippen molar-refractivity contribution in [3.05, 3.63) is 23.3 Å². The molecule has 202 valence electrons. The number of hydrogen-bond acceptors (Lipinski definition) is 5. The molecule has 5 saturated carbocycles. The summed E-state index contributed by atoms with van der Waals surface area (Å²) in [5, 5.41) is 12.6. The summed E-state index contributed by atoms with van der Waals surface area (Å²) in [5.74, 6) is 3.19. The van der Waals surface area contributed by atoms with Crippen LogP contribution in [-0.4, -0.2) is 60.7 Å². The highest BCUT2D eigenvalue weighted by atomic mass is 16.6. The molecule has 6 fully saturated rings. The molecular formula is C32H45NO4. The van der Waals surface area contributed by atoms with Gasteiger partial charge in [-0.25, -0.2) is 0 Å². The van der Waals surface area contributed by atoms with Gasteiger partial charge in [0.15, 0.2) is 11.5 Å². The Kier molecular flexibility index (Phi) is 4.88. The van der Waals surface area contributed by atoms with E-state index in [1.165, 1.54) is 56.2 Å². The third-order valence-corrected chi connectivity index (χ3v) is 13.0. The lowest BCUT2D eigenvalue weighted by Gasteiger charge is -2.75. The maximum absolute atomic E-state index is 12.6. The summed E-state index contributed by atoms with van der Waals surface area (Å²) < 4.78 is 19.8. The first kappa shape index (κ1) is 23.6. The summed E-state index contributed by atoms with van der Waals surface area (Å²) in [6.45, 7) is 4.58. The first-order valence-electron chi connectivity index (χ1n) is 15.3. The predicted molar refractivity (Wildman–Crippen MR) is 142 cm³/mol. The molecule has 2 heterocycles. The highest BCUT2D eigenvalue weighted by Crippen LogP contribution is 2.78. The predicted octanol–water partition coefficient (Wildman–Crippen LogP) is 5.25. The summed E-state index contributed by atoms with van der Waals surface area (Å²) in [4.78, 5) is 2.89. The van der Waals surface area contributed by atoms with E-state index >= 15 is 0 Å². The highest BCUT2D eigenvalue weighted by molar-refractivity contribution is 5.63. The largest absolute Gasteiger partial charge is 0.493 e. The van der Waals surface area contributed by atoms with Crippen molar-refractivity contribution in [2.45, 2.75) is 113 Å². The third kappa shape index (κ3) is 2.72. The molecule has 5 nitrogen and oxygen atoms in total. The molecule has 2 aliphatic heterocycles. The number of ether oxygens (including phenoxy) is 3. The van der Waals surface area contributed by atoms with Crippen molar-refractivity contribution < 1.29 is 19.3 Å². The van der Waals surface area contributed by atoms with Gasteiger partial charge < -0.3 is 19.3 Å². The molecule has 0 radical (unpaired) electrons. The van der Waals surface area contributed by atoms with E-state index in [9.17, 15) is 5.11 Å². The van der Waals surface area contributed by atoms with E-state index in [0.29, 0.717) is 12.0 Å². The summed E-state index contributed by atoms with van der Waals surface area (Å²) in [7, 11) is 3.68. The zero-order chi connectivity index (χ0) is 25.2. The monoisotopic (exact) mass is 507 g/mol. The first-order valence-corrected chi connectivity index (χ1v) is 15.3. The van der Waals surface area contributed by atoms with Gasteiger partial charge in [0.25, 0.3) is 0 Å². The van der Waals surface area contributed by atoms with Gasteiger partial charge >= 0.3 is 0 Å². The number of nitrogens with zero attached hydrogens (tertiary/aromatic N) is 1. The van der Waals surface area contributed by atoms with Crippen molar-refractivity contribution in [2.75, 3.05) is 27.3 Å². The molecular weight excluding hydrogens is 462 g/mol. The SMILES string of the molecule is COc1ccc2c3c1O[C@H]1[C@@]4(OC)CC[C@@]5(C[C@@H]4[C@](C)(O)C4CCCCC4)[C@@H](C2)N(CC2CC2)CC[C@]315. The number of methoxy groups -OCH3 is 2. The van der Waals surface area contributed by atoms with Crippen LogP contribution in [0.2, 0.25) is 0 Å². The normalized spacial score (nSPS) is 43.7. The molecule has 5 heteroatoms. The summed E-state index contributed by atoms with van der Waals surface area (Å²) in [5.41, 5.74) is 1.80. The van der Waals surface area contributed by atoms with Crippen molar-refractivity contribution in [3.8, 4) is 11.5 Å². The van der Waals surface area contributed by atoms with E-state index in [-0.39, 0.29) is 22.9 Å². The van der Waals surface area contributed by atoms with Gasteiger partial charge in [0.05, 0.1) is 12.7 Å². The number of fused-ring (bicyclic) bond motifs is 2. The third-order valence-electron chi connectivity index (χ3n) is 13.0. The lowest BCUT2D eigenvalue weighted by Crippen LogP contribution is -2.83. The Labute approximate surface area is 222 Å². The second-order valence-corrected chi connectivity index (χ2v) is 14.1. The fourth-order valence-corrected chi connectivity index (χ4v) is 11.2. The molecule has 1 aromatic carbocycles. The molecule has 0 aromatic heterocycles. The van der Waals surface area contributed by atoms with Gasteiger partial charge in [-0.05, 0) is 94.7 Å². The van der Waals surface area contributed by atoms with Crippen LogP contribution in [-0.2, 0) is 16.6 Å². The number of benzene rings is 1. The first-order chi connectivity index (χ1) is 17.9. The molecule has 1 aromatic rings. The van der Waals surface area contributed by atoms with Crippen molar-refractivity contribution in [1.82, 2.24) is 4.90 Å². The molecule has 7 atom stereocenters.